The van der Waals surface area contributed by atoms with Crippen LogP contribution in [-0.4, -0.2) is 40.9 Å². The average molecular weight is 376 g/mol. The second kappa shape index (κ2) is 6.09. The third-order valence-electron chi connectivity index (χ3n) is 2.92. The van der Waals surface area contributed by atoms with Crippen LogP contribution in [0.2, 0.25) is 19.6 Å². The summed E-state index contributed by atoms with van der Waals surface area (Å²) >= 11 is 0. The summed E-state index contributed by atoms with van der Waals surface area (Å²) in [6.07, 6.45) is 1.08. The number of allylic oxidation sites excluding steroid dienone is 1. The van der Waals surface area contributed by atoms with Crippen LogP contribution in [0.15, 0.2) is 11.8 Å². The van der Waals surface area contributed by atoms with Crippen molar-refractivity contribution < 1.29 is 39.7 Å². The second-order valence-corrected chi connectivity index (χ2v) is 12.2. The number of hydrogen-bond donors (Lipinski definition) is 0. The van der Waals surface area contributed by atoms with E-state index in [0.29, 0.717) is 0 Å². The molecular weight excluding hydrogens is 357 g/mol. The Labute approximate surface area is 133 Å². The molecule has 0 aromatic carbocycles. The molecule has 6 nitrogen and oxygen atoms in total. The number of ether oxygens (including phenoxy) is 1. The fourth-order valence-electron chi connectivity index (χ4n) is 2.27. The molecule has 0 saturated carbocycles. The molecule has 0 radical (unpaired) electrons. The summed E-state index contributed by atoms with van der Waals surface area (Å²) in [7, 11) is -7.34. The lowest BCUT2D eigenvalue weighted by molar-refractivity contribution is -0.159. The maximum atomic E-state index is 12.6. The lowest BCUT2D eigenvalue weighted by Gasteiger charge is -2.35. The Balaban J connectivity index is 3.35. The third-order valence-corrected chi connectivity index (χ3v) is 4.85. The minimum absolute atomic E-state index is 0.0628. The van der Waals surface area contributed by atoms with Gasteiger partial charge in [0, 0.05) is 0 Å². The number of esters is 1. The molecule has 1 aliphatic rings. The van der Waals surface area contributed by atoms with Gasteiger partial charge in [-0.1, -0.05) is 6.92 Å². The summed E-state index contributed by atoms with van der Waals surface area (Å²) in [5.41, 5.74) is -7.60. The number of hydrogen-bond acceptors (Lipinski definition) is 6. The quantitative estimate of drug-likeness (QED) is 0.318. The van der Waals surface area contributed by atoms with Gasteiger partial charge in [0.05, 0.1) is 7.11 Å². The number of methoxy groups -OCH3 is 1. The zero-order valence-electron chi connectivity index (χ0n) is 13.4. The van der Waals surface area contributed by atoms with Crippen LogP contribution in [0.4, 0.5) is 13.2 Å². The van der Waals surface area contributed by atoms with Gasteiger partial charge in [-0.05, 0) is 38.1 Å². The number of rotatable bonds is 5. The standard InChI is InChI=1S/C12H19F3O6SSi/c1-8-6-9(20-22(17,18)12(13,14)15)11(7-8,10(16)19-2)21-23(3,4)5/h6,8H,7H2,1-5H3/t8-,11+/m0/s1. The van der Waals surface area contributed by atoms with Gasteiger partial charge >= 0.3 is 21.6 Å². The van der Waals surface area contributed by atoms with E-state index < -0.39 is 47.2 Å². The van der Waals surface area contributed by atoms with E-state index in [-0.39, 0.29) is 6.42 Å². The Bertz CT molecular complexity index is 607. The lowest BCUT2D eigenvalue weighted by Crippen LogP contribution is -2.50. The topological polar surface area (TPSA) is 78.9 Å². The van der Waals surface area contributed by atoms with Crippen molar-refractivity contribution in [1.29, 1.82) is 0 Å². The van der Waals surface area contributed by atoms with Crippen LogP contribution in [0.5, 0.6) is 0 Å². The van der Waals surface area contributed by atoms with E-state index in [2.05, 4.69) is 8.92 Å². The molecule has 0 unspecified atom stereocenters. The Hall–Kier alpha value is -1.07. The number of carbonyl (C=O) groups is 1. The molecule has 0 aliphatic heterocycles. The first kappa shape index (κ1) is 20.0. The fourth-order valence-corrected chi connectivity index (χ4v) is 4.11. The molecule has 0 heterocycles. The molecule has 0 aromatic heterocycles. The minimum atomic E-state index is -5.91. The number of halogens is 3. The van der Waals surface area contributed by atoms with E-state index in [1.165, 1.54) is 0 Å². The first-order valence-corrected chi connectivity index (χ1v) is 11.5. The highest BCUT2D eigenvalue weighted by molar-refractivity contribution is 7.87. The van der Waals surface area contributed by atoms with Gasteiger partial charge in [-0.25, -0.2) is 4.79 Å². The van der Waals surface area contributed by atoms with Crippen molar-refractivity contribution in [1.82, 2.24) is 0 Å². The van der Waals surface area contributed by atoms with E-state index in [0.717, 1.165) is 13.2 Å². The maximum absolute atomic E-state index is 12.6. The van der Waals surface area contributed by atoms with Gasteiger partial charge in [0.25, 0.3) is 0 Å². The molecule has 134 valence electrons. The summed E-state index contributed by atoms with van der Waals surface area (Å²) in [6.45, 7) is 6.71. The molecule has 0 fully saturated rings. The Morgan fingerprint density at radius 3 is 2.26 bits per heavy atom. The molecule has 2 atom stereocenters. The molecule has 23 heavy (non-hydrogen) atoms. The van der Waals surface area contributed by atoms with E-state index in [1.54, 1.807) is 26.6 Å². The van der Waals surface area contributed by atoms with Gasteiger partial charge in [-0.3, -0.25) is 0 Å². The van der Waals surface area contributed by atoms with Gasteiger partial charge in [0.15, 0.2) is 14.1 Å². The van der Waals surface area contributed by atoms with Gasteiger partial charge < -0.3 is 13.3 Å². The van der Waals surface area contributed by atoms with Crippen LogP contribution in [0, 0.1) is 5.92 Å². The first-order chi connectivity index (χ1) is 10.1. The van der Waals surface area contributed by atoms with E-state index >= 15 is 0 Å². The van der Waals surface area contributed by atoms with Gasteiger partial charge in [0.2, 0.25) is 5.60 Å². The Morgan fingerprint density at radius 2 is 1.87 bits per heavy atom. The predicted molar refractivity (Wildman–Crippen MR) is 77.1 cm³/mol. The summed E-state index contributed by atoms with van der Waals surface area (Å²) < 4.78 is 74.9. The molecule has 1 aliphatic carbocycles. The fraction of sp³-hybridized carbons (Fsp3) is 0.750. The van der Waals surface area contributed by atoms with Crippen molar-refractivity contribution >= 4 is 24.4 Å². The van der Waals surface area contributed by atoms with Crippen LogP contribution >= 0.6 is 0 Å². The van der Waals surface area contributed by atoms with Gasteiger partial charge in [-0.15, -0.1) is 0 Å². The summed E-state index contributed by atoms with van der Waals surface area (Å²) in [5.74, 6) is -2.12. The molecule has 0 amide bonds. The van der Waals surface area contributed by atoms with Crippen molar-refractivity contribution in [3.8, 4) is 0 Å². The van der Waals surface area contributed by atoms with Crippen molar-refractivity contribution in [2.45, 2.75) is 44.1 Å². The minimum Gasteiger partial charge on any atom is -0.467 e. The van der Waals surface area contributed by atoms with Crippen LogP contribution in [-0.2, 0) is 28.3 Å². The Kier molecular flexibility index (Phi) is 5.29. The average Bonchev–Trinajstić information content (AvgIpc) is 2.61. The number of carbonyl (C=O) groups excluding carboxylic acids is 1. The smallest absolute Gasteiger partial charge is 0.467 e. The summed E-state index contributed by atoms with van der Waals surface area (Å²) in [6, 6.07) is 0. The van der Waals surface area contributed by atoms with Crippen LogP contribution in [0.1, 0.15) is 13.3 Å². The first-order valence-electron chi connectivity index (χ1n) is 6.66. The van der Waals surface area contributed by atoms with Crippen molar-refractivity contribution in [3.05, 3.63) is 11.8 Å². The highest BCUT2D eigenvalue weighted by Crippen LogP contribution is 2.43. The van der Waals surface area contributed by atoms with Crippen molar-refractivity contribution in [2.75, 3.05) is 7.11 Å². The normalized spacial score (nSPS) is 25.9. The molecule has 0 saturated heterocycles. The molecule has 1 rings (SSSR count). The summed E-state index contributed by atoms with van der Waals surface area (Å²) in [4.78, 5) is 12.2. The van der Waals surface area contributed by atoms with Gasteiger partial charge in [-0.2, -0.15) is 21.6 Å². The third kappa shape index (κ3) is 4.26. The molecular formula is C12H19F3O6SSi. The maximum Gasteiger partial charge on any atom is 0.534 e. The highest BCUT2D eigenvalue weighted by atomic mass is 32.2. The largest absolute Gasteiger partial charge is 0.534 e. The highest BCUT2D eigenvalue weighted by Gasteiger charge is 2.57. The van der Waals surface area contributed by atoms with Crippen LogP contribution < -0.4 is 0 Å². The second-order valence-electron chi connectivity index (χ2n) is 6.23. The van der Waals surface area contributed by atoms with E-state index in [1.807, 2.05) is 0 Å². The number of alkyl halides is 3. The summed E-state index contributed by atoms with van der Waals surface area (Å²) in [5, 5.41) is 0. The van der Waals surface area contributed by atoms with Crippen LogP contribution in [0.3, 0.4) is 0 Å². The Morgan fingerprint density at radius 1 is 1.35 bits per heavy atom. The van der Waals surface area contributed by atoms with Gasteiger partial charge in [0.1, 0.15) is 0 Å². The molecule has 0 aromatic rings. The molecule has 0 bridgehead atoms. The monoisotopic (exact) mass is 376 g/mol. The van der Waals surface area contributed by atoms with E-state index in [4.69, 9.17) is 4.43 Å². The van der Waals surface area contributed by atoms with Crippen LogP contribution in [0.25, 0.3) is 0 Å². The zero-order valence-corrected chi connectivity index (χ0v) is 15.2. The molecule has 11 heteroatoms. The predicted octanol–water partition coefficient (Wildman–Crippen LogP) is 2.54. The van der Waals surface area contributed by atoms with Crippen molar-refractivity contribution in [2.24, 2.45) is 5.92 Å². The molecule has 0 N–H and O–H groups in total. The SMILES string of the molecule is COC(=O)[C@@]1(O[Si](C)(C)C)C[C@@H](C)C=C1OS(=O)(=O)C(F)(F)F. The lowest BCUT2D eigenvalue weighted by atomic mass is 9.99. The van der Waals surface area contributed by atoms with Crippen molar-refractivity contribution in [3.63, 3.8) is 0 Å². The zero-order chi connectivity index (χ0) is 18.3. The van der Waals surface area contributed by atoms with E-state index in [9.17, 15) is 26.4 Å². The molecule has 0 spiro atoms.